The van der Waals surface area contributed by atoms with Gasteiger partial charge in [0.1, 0.15) is 5.83 Å². The minimum Gasteiger partial charge on any atom is -0.345 e. The summed E-state index contributed by atoms with van der Waals surface area (Å²) in [5.74, 6) is -0.353. The maximum atomic E-state index is 14.3. The van der Waals surface area contributed by atoms with Crippen molar-refractivity contribution in [1.82, 2.24) is 14.5 Å². The van der Waals surface area contributed by atoms with E-state index in [-0.39, 0.29) is 49.6 Å². The molecule has 0 spiro atoms. The zero-order valence-corrected chi connectivity index (χ0v) is 20.0. The number of amides is 1. The Kier molecular flexibility index (Phi) is 9.24. The lowest BCUT2D eigenvalue weighted by atomic mass is 10.00. The molecule has 0 atom stereocenters. The lowest BCUT2D eigenvalue weighted by Crippen LogP contribution is -2.21. The molecule has 31 heavy (non-hydrogen) atoms. The quantitative estimate of drug-likeness (QED) is 0.575. The molecule has 1 amide bonds. The van der Waals surface area contributed by atoms with Crippen LogP contribution in [0.3, 0.4) is 0 Å². The summed E-state index contributed by atoms with van der Waals surface area (Å²) < 4.78 is 16.3. The summed E-state index contributed by atoms with van der Waals surface area (Å²) in [5, 5.41) is 0.917. The molecular formula is C23H29Cl2FN4O. The van der Waals surface area contributed by atoms with Gasteiger partial charge in [-0.3, -0.25) is 9.78 Å². The number of nitrogens with zero attached hydrogens (tertiary/aromatic N) is 3. The third-order valence-corrected chi connectivity index (χ3v) is 5.00. The van der Waals surface area contributed by atoms with Crippen molar-refractivity contribution in [2.24, 2.45) is 5.73 Å². The van der Waals surface area contributed by atoms with E-state index in [4.69, 9.17) is 5.73 Å². The maximum Gasteiger partial charge on any atom is 0.253 e. The van der Waals surface area contributed by atoms with E-state index in [1.54, 1.807) is 25.1 Å². The van der Waals surface area contributed by atoms with Gasteiger partial charge in [0.05, 0.1) is 6.54 Å². The van der Waals surface area contributed by atoms with Gasteiger partial charge in [-0.15, -0.1) is 24.8 Å². The minimum absolute atomic E-state index is 0. The molecule has 2 aromatic heterocycles. The number of fused-ring (bicyclic) bond motifs is 1. The summed E-state index contributed by atoms with van der Waals surface area (Å²) in [5.41, 5.74) is 11.7. The van der Waals surface area contributed by atoms with Crippen molar-refractivity contribution in [3.63, 3.8) is 0 Å². The number of allylic oxidation sites excluding steroid dienone is 1. The SMILES string of the molecule is Cc1cc(-c2c(C)n(C/C(F)=C/CN)c3ccc(C(=O)N(C)C)cc23)cc(C)n1.Cl.Cl. The molecule has 0 aliphatic rings. The lowest BCUT2D eigenvalue weighted by Gasteiger charge is -2.11. The van der Waals surface area contributed by atoms with E-state index >= 15 is 0 Å². The number of nitrogens with two attached hydrogens (primary N) is 1. The lowest BCUT2D eigenvalue weighted by molar-refractivity contribution is 0.0828. The van der Waals surface area contributed by atoms with E-state index in [1.807, 2.05) is 49.6 Å². The second kappa shape index (κ2) is 10.8. The predicted molar refractivity (Wildman–Crippen MR) is 130 cm³/mol. The van der Waals surface area contributed by atoms with Crippen molar-refractivity contribution < 1.29 is 9.18 Å². The van der Waals surface area contributed by atoms with Crippen molar-refractivity contribution >= 4 is 41.6 Å². The highest BCUT2D eigenvalue weighted by Crippen LogP contribution is 2.36. The zero-order chi connectivity index (χ0) is 21.3. The van der Waals surface area contributed by atoms with E-state index < -0.39 is 0 Å². The molecule has 0 saturated carbocycles. The molecule has 0 aliphatic carbocycles. The van der Waals surface area contributed by atoms with E-state index in [1.165, 1.54) is 6.08 Å². The fourth-order valence-electron chi connectivity index (χ4n) is 3.76. The fraction of sp³-hybridized carbons (Fsp3) is 0.304. The molecule has 0 fully saturated rings. The van der Waals surface area contributed by atoms with Crippen molar-refractivity contribution in [2.75, 3.05) is 20.6 Å². The largest absolute Gasteiger partial charge is 0.345 e. The van der Waals surface area contributed by atoms with Crippen molar-refractivity contribution in [3.8, 4) is 11.1 Å². The van der Waals surface area contributed by atoms with Gasteiger partial charge in [-0.05, 0) is 62.7 Å². The summed E-state index contributed by atoms with van der Waals surface area (Å²) in [4.78, 5) is 18.5. The first-order chi connectivity index (χ1) is 13.7. The van der Waals surface area contributed by atoms with Crippen molar-refractivity contribution in [3.05, 3.63) is 64.9 Å². The van der Waals surface area contributed by atoms with Crippen LogP contribution in [0, 0.1) is 20.8 Å². The third kappa shape index (κ3) is 5.45. The molecule has 5 nitrogen and oxygen atoms in total. The topological polar surface area (TPSA) is 64.2 Å². The highest BCUT2D eigenvalue weighted by Gasteiger charge is 2.19. The Morgan fingerprint density at radius 1 is 1.13 bits per heavy atom. The van der Waals surface area contributed by atoms with Crippen LogP contribution in [-0.2, 0) is 6.54 Å². The predicted octanol–water partition coefficient (Wildman–Crippen LogP) is 4.99. The minimum atomic E-state index is -0.283. The monoisotopic (exact) mass is 466 g/mol. The Balaban J connectivity index is 0.00000240. The number of pyridine rings is 1. The van der Waals surface area contributed by atoms with Gasteiger partial charge in [0.25, 0.3) is 5.91 Å². The van der Waals surface area contributed by atoms with E-state index in [0.29, 0.717) is 5.56 Å². The molecular weight excluding hydrogens is 438 g/mol. The molecule has 3 aromatic rings. The molecule has 168 valence electrons. The summed E-state index contributed by atoms with van der Waals surface area (Å²) >= 11 is 0. The highest BCUT2D eigenvalue weighted by molar-refractivity contribution is 6.04. The molecule has 2 N–H and O–H groups in total. The zero-order valence-electron chi connectivity index (χ0n) is 18.4. The van der Waals surface area contributed by atoms with Crippen LogP contribution in [0.1, 0.15) is 27.4 Å². The molecule has 8 heteroatoms. The smallest absolute Gasteiger partial charge is 0.253 e. The number of halogens is 3. The third-order valence-electron chi connectivity index (χ3n) is 5.00. The summed E-state index contributed by atoms with van der Waals surface area (Å²) in [6.07, 6.45) is 1.38. The number of carbonyl (C=O) groups is 1. The molecule has 1 aromatic carbocycles. The number of hydrogen-bond donors (Lipinski definition) is 1. The van der Waals surface area contributed by atoms with Crippen LogP contribution in [0.4, 0.5) is 4.39 Å². The van der Waals surface area contributed by atoms with E-state index in [9.17, 15) is 9.18 Å². The number of hydrogen-bond acceptors (Lipinski definition) is 3. The molecule has 0 unspecified atom stereocenters. The normalized spacial score (nSPS) is 11.1. The summed E-state index contributed by atoms with van der Waals surface area (Å²) in [7, 11) is 3.46. The van der Waals surface area contributed by atoms with Crippen molar-refractivity contribution in [1.29, 1.82) is 0 Å². The van der Waals surface area contributed by atoms with Gasteiger partial charge in [0.2, 0.25) is 0 Å². The Morgan fingerprint density at radius 3 is 2.29 bits per heavy atom. The molecule has 0 bridgehead atoms. The summed E-state index contributed by atoms with van der Waals surface area (Å²) in [6.45, 7) is 6.14. The second-order valence-corrected chi connectivity index (χ2v) is 7.50. The van der Waals surface area contributed by atoms with Gasteiger partial charge >= 0.3 is 0 Å². The van der Waals surface area contributed by atoms with Crippen LogP contribution in [0.15, 0.2) is 42.2 Å². The Morgan fingerprint density at radius 2 is 1.74 bits per heavy atom. The molecule has 3 rings (SSSR count). The van der Waals surface area contributed by atoms with E-state index in [2.05, 4.69) is 4.98 Å². The number of carbonyl (C=O) groups excluding carboxylic acids is 1. The van der Waals surface area contributed by atoms with Crippen LogP contribution < -0.4 is 5.73 Å². The van der Waals surface area contributed by atoms with E-state index in [0.717, 1.165) is 39.1 Å². The average molecular weight is 467 g/mol. The maximum absolute atomic E-state index is 14.3. The number of benzene rings is 1. The Labute approximate surface area is 195 Å². The molecule has 0 aliphatic heterocycles. The van der Waals surface area contributed by atoms with Crippen molar-refractivity contribution in [2.45, 2.75) is 27.3 Å². The van der Waals surface area contributed by atoms with Crippen LogP contribution in [0.25, 0.3) is 22.0 Å². The fourth-order valence-corrected chi connectivity index (χ4v) is 3.76. The second-order valence-electron chi connectivity index (χ2n) is 7.50. The van der Waals surface area contributed by atoms with Crippen LogP contribution >= 0.6 is 24.8 Å². The average Bonchev–Trinajstić information content (AvgIpc) is 2.91. The molecule has 0 radical (unpaired) electrons. The summed E-state index contributed by atoms with van der Waals surface area (Å²) in [6, 6.07) is 9.61. The van der Waals surface area contributed by atoms with Gasteiger partial charge in [0, 0.05) is 59.8 Å². The van der Waals surface area contributed by atoms with Crippen LogP contribution in [0.2, 0.25) is 0 Å². The first kappa shape index (κ1) is 26.6. The molecule has 2 heterocycles. The van der Waals surface area contributed by atoms with Gasteiger partial charge in [-0.25, -0.2) is 4.39 Å². The van der Waals surface area contributed by atoms with Crippen LogP contribution in [0.5, 0.6) is 0 Å². The number of rotatable bonds is 5. The number of aromatic nitrogens is 2. The highest BCUT2D eigenvalue weighted by atomic mass is 35.5. The van der Waals surface area contributed by atoms with Gasteiger partial charge in [-0.1, -0.05) is 0 Å². The van der Waals surface area contributed by atoms with Gasteiger partial charge in [0.15, 0.2) is 0 Å². The molecule has 0 saturated heterocycles. The number of aryl methyl sites for hydroxylation is 2. The standard InChI is InChI=1S/C23H27FN4O.2ClH/c1-14-10-18(11-15(2)26-14)22-16(3)28(13-19(24)8-9-25)21-7-6-17(12-20(21)22)23(29)27(4)5;;/h6-8,10-12H,9,13,25H2,1-5H3;2*1H/b19-8-;;. The Bertz CT molecular complexity index is 1100. The van der Waals surface area contributed by atoms with Gasteiger partial charge in [-0.2, -0.15) is 0 Å². The Hall–Kier alpha value is -2.41. The van der Waals surface area contributed by atoms with Crippen LogP contribution in [-0.4, -0.2) is 41.0 Å². The first-order valence-electron chi connectivity index (χ1n) is 9.57. The first-order valence-corrected chi connectivity index (χ1v) is 9.57. The van der Waals surface area contributed by atoms with Gasteiger partial charge < -0.3 is 15.2 Å².